The molecule has 8 heteroatoms. The molecule has 2 aliphatic rings. The van der Waals surface area contributed by atoms with Gasteiger partial charge in [0.25, 0.3) is 0 Å². The number of aromatic nitrogens is 1. The summed E-state index contributed by atoms with van der Waals surface area (Å²) in [6.07, 6.45) is 1.96. The smallest absolute Gasteiger partial charge is 0.317 e. The first-order valence-corrected chi connectivity index (χ1v) is 12.4. The molecule has 0 radical (unpaired) electrons. The summed E-state index contributed by atoms with van der Waals surface area (Å²) < 4.78 is 5.22. The topological polar surface area (TPSA) is 80.9 Å². The van der Waals surface area contributed by atoms with Crippen LogP contribution in [0.5, 0.6) is 5.75 Å². The highest BCUT2D eigenvalue weighted by atomic mass is 16.5. The molecule has 1 aromatic heterocycles. The standard InChI is InChI=1S/C27H33N5O3/c1-35-21-10-8-20(9-11-21)30-15-17-31(18-16-30)26(33)7-4-13-28-27(34)32-14-12-23-22-5-2-3-6-24(22)29-25(23)19-32/h2-3,5-6,8-11,29H,4,7,12-19H2,1H3,(H,28,34). The van der Waals surface area contributed by atoms with Crippen molar-refractivity contribution in [1.82, 2.24) is 20.1 Å². The highest BCUT2D eigenvalue weighted by Gasteiger charge is 2.24. The molecule has 2 N–H and O–H groups in total. The van der Waals surface area contributed by atoms with Crippen molar-refractivity contribution in [2.45, 2.75) is 25.8 Å². The molecular formula is C27H33N5O3. The number of para-hydroxylation sites is 1. The fourth-order valence-electron chi connectivity index (χ4n) is 5.08. The Morgan fingerprint density at radius 1 is 0.971 bits per heavy atom. The molecule has 3 amide bonds. The third-order valence-corrected chi connectivity index (χ3v) is 7.08. The number of H-pyrrole nitrogens is 1. The second-order valence-corrected chi connectivity index (χ2v) is 9.20. The van der Waals surface area contributed by atoms with Gasteiger partial charge in [0.15, 0.2) is 0 Å². The zero-order valence-electron chi connectivity index (χ0n) is 20.3. The van der Waals surface area contributed by atoms with Crippen LogP contribution in [-0.2, 0) is 17.8 Å². The average molecular weight is 476 g/mol. The number of carbonyl (C=O) groups is 2. The molecule has 2 aromatic carbocycles. The van der Waals surface area contributed by atoms with Crippen molar-refractivity contribution in [3.05, 3.63) is 59.8 Å². The summed E-state index contributed by atoms with van der Waals surface area (Å²) in [7, 11) is 1.66. The van der Waals surface area contributed by atoms with E-state index in [-0.39, 0.29) is 11.9 Å². The number of anilines is 1. The summed E-state index contributed by atoms with van der Waals surface area (Å²) in [6, 6.07) is 16.3. The van der Waals surface area contributed by atoms with Crippen LogP contribution in [0, 0.1) is 0 Å². The van der Waals surface area contributed by atoms with Crippen LogP contribution in [-0.4, -0.2) is 73.1 Å². The molecule has 2 aliphatic heterocycles. The Morgan fingerprint density at radius 3 is 2.51 bits per heavy atom. The predicted octanol–water partition coefficient (Wildman–Crippen LogP) is 3.37. The third-order valence-electron chi connectivity index (χ3n) is 7.08. The summed E-state index contributed by atoms with van der Waals surface area (Å²) in [5, 5.41) is 4.25. The number of methoxy groups -OCH3 is 1. The Bertz CT molecular complexity index is 1180. The first kappa shape index (κ1) is 23.1. The fraction of sp³-hybridized carbons (Fsp3) is 0.407. The molecule has 1 fully saturated rings. The zero-order valence-corrected chi connectivity index (χ0v) is 20.3. The maximum absolute atomic E-state index is 12.7. The Labute approximate surface area is 205 Å². The molecule has 0 bridgehead atoms. The Hall–Kier alpha value is -3.68. The third kappa shape index (κ3) is 5.06. The second-order valence-electron chi connectivity index (χ2n) is 9.20. The number of nitrogens with zero attached hydrogens (tertiary/aromatic N) is 3. The highest BCUT2D eigenvalue weighted by Crippen LogP contribution is 2.27. The number of urea groups is 1. The van der Waals surface area contributed by atoms with E-state index in [1.807, 2.05) is 28.0 Å². The maximum atomic E-state index is 12.7. The number of aromatic amines is 1. The van der Waals surface area contributed by atoms with Crippen LogP contribution in [0.2, 0.25) is 0 Å². The molecule has 0 aliphatic carbocycles. The number of hydrogen-bond donors (Lipinski definition) is 2. The molecule has 1 saturated heterocycles. The first-order chi connectivity index (χ1) is 17.1. The Balaban J connectivity index is 1.02. The molecule has 0 spiro atoms. The normalized spacial score (nSPS) is 15.7. The van der Waals surface area contributed by atoms with Gasteiger partial charge in [-0.1, -0.05) is 18.2 Å². The van der Waals surface area contributed by atoms with Gasteiger partial charge in [0.2, 0.25) is 5.91 Å². The van der Waals surface area contributed by atoms with Gasteiger partial charge in [-0.2, -0.15) is 0 Å². The zero-order chi connectivity index (χ0) is 24.2. The highest BCUT2D eigenvalue weighted by molar-refractivity contribution is 5.85. The lowest BCUT2D eigenvalue weighted by atomic mass is 10.0. The first-order valence-electron chi connectivity index (χ1n) is 12.4. The molecule has 35 heavy (non-hydrogen) atoms. The summed E-state index contributed by atoms with van der Waals surface area (Å²) in [6.45, 7) is 4.88. The van der Waals surface area contributed by atoms with Crippen molar-refractivity contribution < 1.29 is 14.3 Å². The average Bonchev–Trinajstić information content (AvgIpc) is 3.29. The van der Waals surface area contributed by atoms with Crippen LogP contribution in [0.15, 0.2) is 48.5 Å². The lowest BCUT2D eigenvalue weighted by Gasteiger charge is -2.36. The van der Waals surface area contributed by atoms with E-state index in [1.54, 1.807) is 7.11 Å². The summed E-state index contributed by atoms with van der Waals surface area (Å²) in [4.78, 5) is 34.9. The predicted molar refractivity (Wildman–Crippen MR) is 137 cm³/mol. The molecule has 8 nitrogen and oxygen atoms in total. The Kier molecular flexibility index (Phi) is 6.79. The molecule has 0 unspecified atom stereocenters. The summed E-state index contributed by atoms with van der Waals surface area (Å²) in [5.74, 6) is 1.01. The van der Waals surface area contributed by atoms with Gasteiger partial charge in [0.1, 0.15) is 5.75 Å². The summed E-state index contributed by atoms with van der Waals surface area (Å²) in [5.41, 5.74) is 4.72. The minimum absolute atomic E-state index is 0.0603. The van der Waals surface area contributed by atoms with Crippen LogP contribution >= 0.6 is 0 Å². The van der Waals surface area contributed by atoms with Crippen LogP contribution in [0.3, 0.4) is 0 Å². The van der Waals surface area contributed by atoms with Gasteiger partial charge in [-0.3, -0.25) is 4.79 Å². The van der Waals surface area contributed by atoms with Gasteiger partial charge in [-0.05, 0) is 48.7 Å². The van der Waals surface area contributed by atoms with E-state index in [1.165, 1.54) is 10.9 Å². The SMILES string of the molecule is COc1ccc(N2CCN(C(=O)CCCNC(=O)N3CCc4c([nH]c5ccccc45)C3)CC2)cc1. The number of benzene rings is 2. The van der Waals surface area contributed by atoms with Crippen molar-refractivity contribution in [1.29, 1.82) is 0 Å². The van der Waals surface area contributed by atoms with Crippen molar-refractivity contribution >= 4 is 28.5 Å². The number of hydrogen-bond acceptors (Lipinski definition) is 4. The molecule has 3 aromatic rings. The molecule has 184 valence electrons. The Morgan fingerprint density at radius 2 is 1.74 bits per heavy atom. The minimum atomic E-state index is -0.0603. The fourth-order valence-corrected chi connectivity index (χ4v) is 5.08. The van der Waals surface area contributed by atoms with Crippen LogP contribution in [0.25, 0.3) is 10.9 Å². The molecule has 0 atom stereocenters. The number of nitrogens with one attached hydrogen (secondary N) is 2. The van der Waals surface area contributed by atoms with Gasteiger partial charge in [0.05, 0.1) is 13.7 Å². The van der Waals surface area contributed by atoms with E-state index in [4.69, 9.17) is 4.74 Å². The van der Waals surface area contributed by atoms with Crippen molar-refractivity contribution in [3.8, 4) is 5.75 Å². The number of piperazine rings is 1. The largest absolute Gasteiger partial charge is 0.497 e. The van der Waals surface area contributed by atoms with Crippen molar-refractivity contribution in [3.63, 3.8) is 0 Å². The van der Waals surface area contributed by atoms with Gasteiger partial charge in [0, 0.05) is 68.0 Å². The number of fused-ring (bicyclic) bond motifs is 3. The summed E-state index contributed by atoms with van der Waals surface area (Å²) >= 11 is 0. The van der Waals surface area contributed by atoms with E-state index >= 15 is 0 Å². The van der Waals surface area contributed by atoms with E-state index in [9.17, 15) is 9.59 Å². The number of carbonyl (C=O) groups excluding carboxylic acids is 2. The van der Waals surface area contributed by atoms with Gasteiger partial charge in [-0.15, -0.1) is 0 Å². The van der Waals surface area contributed by atoms with Gasteiger partial charge in [-0.25, -0.2) is 4.79 Å². The monoisotopic (exact) mass is 475 g/mol. The minimum Gasteiger partial charge on any atom is -0.497 e. The second kappa shape index (κ2) is 10.3. The number of amides is 3. The van der Waals surface area contributed by atoms with Gasteiger partial charge < -0.3 is 29.7 Å². The van der Waals surface area contributed by atoms with Crippen LogP contribution in [0.1, 0.15) is 24.1 Å². The quantitative estimate of drug-likeness (QED) is 0.536. The lowest BCUT2D eigenvalue weighted by molar-refractivity contribution is -0.131. The van der Waals surface area contributed by atoms with E-state index in [2.05, 4.69) is 45.5 Å². The molecule has 5 rings (SSSR count). The van der Waals surface area contributed by atoms with Gasteiger partial charge >= 0.3 is 6.03 Å². The van der Waals surface area contributed by atoms with E-state index in [0.717, 1.165) is 55.2 Å². The van der Waals surface area contributed by atoms with E-state index in [0.29, 0.717) is 32.5 Å². The maximum Gasteiger partial charge on any atom is 0.317 e. The van der Waals surface area contributed by atoms with Crippen molar-refractivity contribution in [2.75, 3.05) is 51.3 Å². The number of rotatable bonds is 6. The number of ether oxygens (including phenoxy) is 1. The van der Waals surface area contributed by atoms with Crippen molar-refractivity contribution in [2.24, 2.45) is 0 Å². The molecule has 0 saturated carbocycles. The van der Waals surface area contributed by atoms with Crippen LogP contribution in [0.4, 0.5) is 10.5 Å². The lowest BCUT2D eigenvalue weighted by Crippen LogP contribution is -2.49. The van der Waals surface area contributed by atoms with E-state index < -0.39 is 0 Å². The molecular weight excluding hydrogens is 442 g/mol. The molecule has 3 heterocycles. The van der Waals surface area contributed by atoms with Crippen LogP contribution < -0.4 is 15.0 Å².